The maximum absolute atomic E-state index is 5.95. The van der Waals surface area contributed by atoms with Crippen LogP contribution in [0.15, 0.2) is 34.8 Å². The van der Waals surface area contributed by atoms with Gasteiger partial charge < -0.3 is 10.5 Å². The lowest BCUT2D eigenvalue weighted by Crippen LogP contribution is -1.98. The molecule has 0 aliphatic carbocycles. The second kappa shape index (κ2) is 6.55. The van der Waals surface area contributed by atoms with E-state index in [2.05, 4.69) is 48.0 Å². The van der Waals surface area contributed by atoms with Crippen molar-refractivity contribution >= 4 is 27.3 Å². The monoisotopic (exact) mass is 339 g/mol. The first kappa shape index (κ1) is 14.6. The Morgan fingerprint density at radius 2 is 1.95 bits per heavy atom. The van der Waals surface area contributed by atoms with Gasteiger partial charge in [-0.2, -0.15) is 0 Å². The van der Waals surface area contributed by atoms with Gasteiger partial charge in [-0.25, -0.2) is 0 Å². The van der Waals surface area contributed by atoms with Crippen LogP contribution in [0.3, 0.4) is 0 Å². The van der Waals surface area contributed by atoms with Crippen molar-refractivity contribution < 1.29 is 4.74 Å². The fourth-order valence-electron chi connectivity index (χ4n) is 1.86. The average molecular weight is 340 g/mol. The molecular weight excluding hydrogens is 322 g/mol. The van der Waals surface area contributed by atoms with Crippen molar-refractivity contribution in [2.24, 2.45) is 5.73 Å². The SMILES string of the molecule is CC(C)c1cc(Br)ccc1OCc1ccc(CN)s1. The number of benzene rings is 1. The summed E-state index contributed by atoms with van der Waals surface area (Å²) in [5, 5.41) is 0. The lowest BCUT2D eigenvalue weighted by atomic mass is 10.0. The number of hydrogen-bond donors (Lipinski definition) is 1. The van der Waals surface area contributed by atoms with Crippen LogP contribution in [-0.2, 0) is 13.2 Å². The van der Waals surface area contributed by atoms with Crippen LogP contribution in [0.2, 0.25) is 0 Å². The van der Waals surface area contributed by atoms with E-state index in [0.717, 1.165) is 10.2 Å². The predicted molar refractivity (Wildman–Crippen MR) is 84.8 cm³/mol. The fraction of sp³-hybridized carbons (Fsp3) is 0.333. The molecular formula is C15H18BrNOS. The minimum atomic E-state index is 0.440. The highest BCUT2D eigenvalue weighted by Gasteiger charge is 2.09. The molecule has 1 heterocycles. The zero-order valence-corrected chi connectivity index (χ0v) is 13.6. The van der Waals surface area contributed by atoms with Gasteiger partial charge in [0.05, 0.1) is 0 Å². The van der Waals surface area contributed by atoms with Gasteiger partial charge in [-0.3, -0.25) is 0 Å². The maximum Gasteiger partial charge on any atom is 0.123 e. The summed E-state index contributed by atoms with van der Waals surface area (Å²) in [5.74, 6) is 1.40. The highest BCUT2D eigenvalue weighted by atomic mass is 79.9. The van der Waals surface area contributed by atoms with Gasteiger partial charge in [0, 0.05) is 20.8 Å². The second-order valence-electron chi connectivity index (χ2n) is 4.70. The van der Waals surface area contributed by atoms with Gasteiger partial charge in [-0.15, -0.1) is 11.3 Å². The molecule has 0 saturated heterocycles. The third-order valence-electron chi connectivity index (χ3n) is 2.88. The summed E-state index contributed by atoms with van der Waals surface area (Å²) >= 11 is 5.22. The Hall–Kier alpha value is -0.840. The molecule has 2 rings (SSSR count). The first-order valence-corrected chi connectivity index (χ1v) is 7.91. The molecule has 2 nitrogen and oxygen atoms in total. The van der Waals surface area contributed by atoms with Crippen LogP contribution < -0.4 is 10.5 Å². The summed E-state index contributed by atoms with van der Waals surface area (Å²) in [6.45, 7) is 5.55. The number of nitrogens with two attached hydrogens (primary N) is 1. The second-order valence-corrected chi connectivity index (χ2v) is 6.87. The molecule has 0 amide bonds. The third-order valence-corrected chi connectivity index (χ3v) is 4.46. The Labute approximate surface area is 126 Å². The van der Waals surface area contributed by atoms with Crippen LogP contribution in [0, 0.1) is 0 Å². The molecule has 0 aliphatic heterocycles. The van der Waals surface area contributed by atoms with E-state index in [1.54, 1.807) is 11.3 Å². The maximum atomic E-state index is 5.95. The van der Waals surface area contributed by atoms with Gasteiger partial charge in [0.2, 0.25) is 0 Å². The molecule has 1 aromatic carbocycles. The molecule has 4 heteroatoms. The summed E-state index contributed by atoms with van der Waals surface area (Å²) < 4.78 is 7.03. The zero-order valence-electron chi connectivity index (χ0n) is 11.2. The van der Waals surface area contributed by atoms with Crippen LogP contribution >= 0.6 is 27.3 Å². The van der Waals surface area contributed by atoms with Gasteiger partial charge in [-0.1, -0.05) is 29.8 Å². The zero-order chi connectivity index (χ0) is 13.8. The van der Waals surface area contributed by atoms with Gasteiger partial charge in [-0.05, 0) is 41.8 Å². The Bertz CT molecular complexity index is 551. The summed E-state index contributed by atoms with van der Waals surface area (Å²) in [6.07, 6.45) is 0. The van der Waals surface area contributed by atoms with Crippen LogP contribution in [-0.4, -0.2) is 0 Å². The van der Waals surface area contributed by atoms with E-state index in [-0.39, 0.29) is 0 Å². The standard InChI is InChI=1S/C15H18BrNOS/c1-10(2)14-7-11(16)3-6-15(14)18-9-13-5-4-12(8-17)19-13/h3-7,10H,8-9,17H2,1-2H3. The van der Waals surface area contributed by atoms with Crippen LogP contribution in [0.5, 0.6) is 5.75 Å². The van der Waals surface area contributed by atoms with E-state index < -0.39 is 0 Å². The van der Waals surface area contributed by atoms with Crippen molar-refractivity contribution in [2.75, 3.05) is 0 Å². The minimum absolute atomic E-state index is 0.440. The summed E-state index contributed by atoms with van der Waals surface area (Å²) in [4.78, 5) is 2.40. The van der Waals surface area contributed by atoms with Crippen molar-refractivity contribution in [3.8, 4) is 5.75 Å². The van der Waals surface area contributed by atoms with E-state index in [1.807, 2.05) is 12.1 Å². The van der Waals surface area contributed by atoms with Gasteiger partial charge in [0.25, 0.3) is 0 Å². The third kappa shape index (κ3) is 3.81. The van der Waals surface area contributed by atoms with Gasteiger partial charge >= 0.3 is 0 Å². The molecule has 0 bridgehead atoms. The summed E-state index contributed by atoms with van der Waals surface area (Å²) in [7, 11) is 0. The molecule has 0 atom stereocenters. The molecule has 2 aromatic rings. The van der Waals surface area contributed by atoms with Crippen LogP contribution in [0.4, 0.5) is 0 Å². The molecule has 19 heavy (non-hydrogen) atoms. The Kier molecular flexibility index (Phi) is 5.02. The van der Waals surface area contributed by atoms with E-state index in [1.165, 1.54) is 15.3 Å². The first-order valence-electron chi connectivity index (χ1n) is 6.30. The van der Waals surface area contributed by atoms with Crippen molar-refractivity contribution in [2.45, 2.75) is 32.9 Å². The smallest absolute Gasteiger partial charge is 0.123 e. The number of rotatable bonds is 5. The normalized spacial score (nSPS) is 11.0. The highest BCUT2D eigenvalue weighted by molar-refractivity contribution is 9.10. The lowest BCUT2D eigenvalue weighted by Gasteiger charge is -2.14. The van der Waals surface area contributed by atoms with Gasteiger partial charge in [0.1, 0.15) is 12.4 Å². The fourth-order valence-corrected chi connectivity index (χ4v) is 3.05. The largest absolute Gasteiger partial charge is 0.488 e. The van der Waals surface area contributed by atoms with Crippen LogP contribution in [0.1, 0.15) is 35.1 Å². The number of halogens is 1. The van der Waals surface area contributed by atoms with E-state index in [0.29, 0.717) is 19.1 Å². The molecule has 0 fully saturated rings. The number of hydrogen-bond acceptors (Lipinski definition) is 3. The molecule has 2 N–H and O–H groups in total. The quantitative estimate of drug-likeness (QED) is 0.858. The van der Waals surface area contributed by atoms with Crippen molar-refractivity contribution in [1.82, 2.24) is 0 Å². The topological polar surface area (TPSA) is 35.2 Å². The highest BCUT2D eigenvalue weighted by Crippen LogP contribution is 2.30. The van der Waals surface area contributed by atoms with Crippen LogP contribution in [0.25, 0.3) is 0 Å². The van der Waals surface area contributed by atoms with E-state index in [4.69, 9.17) is 10.5 Å². The molecule has 0 aliphatic rings. The molecule has 0 unspecified atom stereocenters. The Balaban J connectivity index is 2.10. The Morgan fingerprint density at radius 3 is 2.58 bits per heavy atom. The van der Waals surface area contributed by atoms with Gasteiger partial charge in [0.15, 0.2) is 0 Å². The van der Waals surface area contributed by atoms with Crippen molar-refractivity contribution in [3.05, 3.63) is 50.1 Å². The van der Waals surface area contributed by atoms with E-state index in [9.17, 15) is 0 Å². The van der Waals surface area contributed by atoms with E-state index >= 15 is 0 Å². The molecule has 102 valence electrons. The molecule has 0 saturated carbocycles. The minimum Gasteiger partial charge on any atom is -0.488 e. The number of ether oxygens (including phenoxy) is 1. The average Bonchev–Trinajstić information content (AvgIpc) is 2.85. The lowest BCUT2D eigenvalue weighted by molar-refractivity contribution is 0.305. The molecule has 0 radical (unpaired) electrons. The van der Waals surface area contributed by atoms with Crippen molar-refractivity contribution in [3.63, 3.8) is 0 Å². The first-order chi connectivity index (χ1) is 9.10. The Morgan fingerprint density at radius 1 is 1.21 bits per heavy atom. The predicted octanol–water partition coefficient (Wildman–Crippen LogP) is 4.67. The molecule has 0 spiro atoms. The molecule has 1 aromatic heterocycles. The summed E-state index contributed by atoms with van der Waals surface area (Å²) in [5.41, 5.74) is 6.84. The van der Waals surface area contributed by atoms with Crippen molar-refractivity contribution in [1.29, 1.82) is 0 Å². The summed E-state index contributed by atoms with van der Waals surface area (Å²) in [6, 6.07) is 10.3. The number of thiophene rings is 1.